The Hall–Kier alpha value is -4.71. The molecule has 0 aliphatic carbocycles. The highest BCUT2D eigenvalue weighted by molar-refractivity contribution is 5.90. The van der Waals surface area contributed by atoms with Crippen molar-refractivity contribution in [3.05, 3.63) is 115 Å². The van der Waals surface area contributed by atoms with Crippen LogP contribution in [0.15, 0.2) is 114 Å². The number of hydrazone groups is 1. The zero-order valence-electron chi connectivity index (χ0n) is 19.2. The SMILES string of the molecule is CC(Oc1ccc2ccccc2c1)C(=O)N/N=C/c1cn(-c2ccccc2)nc1-c1ccccc1. The molecule has 1 aromatic heterocycles. The molecule has 5 rings (SSSR count). The Balaban J connectivity index is 1.31. The molecule has 172 valence electrons. The zero-order chi connectivity index (χ0) is 24.0. The van der Waals surface area contributed by atoms with Crippen molar-refractivity contribution in [3.63, 3.8) is 0 Å². The lowest BCUT2D eigenvalue weighted by molar-refractivity contribution is -0.127. The van der Waals surface area contributed by atoms with Gasteiger partial charge in [-0.05, 0) is 42.0 Å². The molecule has 0 radical (unpaired) electrons. The molecule has 1 amide bonds. The zero-order valence-corrected chi connectivity index (χ0v) is 19.2. The van der Waals surface area contributed by atoms with Crippen molar-refractivity contribution in [1.29, 1.82) is 0 Å². The molecule has 0 fully saturated rings. The quantitative estimate of drug-likeness (QED) is 0.254. The van der Waals surface area contributed by atoms with Gasteiger partial charge in [0.25, 0.3) is 5.91 Å². The molecule has 0 bridgehead atoms. The molecule has 1 N–H and O–H groups in total. The van der Waals surface area contributed by atoms with Crippen molar-refractivity contribution in [1.82, 2.24) is 15.2 Å². The van der Waals surface area contributed by atoms with Crippen molar-refractivity contribution in [2.75, 3.05) is 0 Å². The summed E-state index contributed by atoms with van der Waals surface area (Å²) in [6.07, 6.45) is 2.78. The Morgan fingerprint density at radius 2 is 1.60 bits per heavy atom. The molecule has 0 aliphatic heterocycles. The molecule has 0 aliphatic rings. The Bertz CT molecular complexity index is 1480. The first-order valence-corrected chi connectivity index (χ1v) is 11.4. The van der Waals surface area contributed by atoms with Crippen molar-refractivity contribution in [3.8, 4) is 22.7 Å². The second kappa shape index (κ2) is 10.1. The summed E-state index contributed by atoms with van der Waals surface area (Å²) in [5.41, 5.74) is 6.03. The van der Waals surface area contributed by atoms with E-state index >= 15 is 0 Å². The molecule has 6 heteroatoms. The standard InChI is InChI=1S/C29H24N4O2/c1-21(35-27-17-16-22-10-8-9-13-24(22)18-27)29(34)31-30-19-25-20-33(26-14-6-3-7-15-26)32-28(25)23-11-4-2-5-12-23/h2-21H,1H3,(H,31,34)/b30-19+. The summed E-state index contributed by atoms with van der Waals surface area (Å²) < 4.78 is 7.64. The van der Waals surface area contributed by atoms with Crippen LogP contribution in [0, 0.1) is 0 Å². The van der Waals surface area contributed by atoms with Gasteiger partial charge in [0.1, 0.15) is 11.4 Å². The number of carbonyl (C=O) groups is 1. The fourth-order valence-electron chi connectivity index (χ4n) is 3.77. The highest BCUT2D eigenvalue weighted by Gasteiger charge is 2.15. The third kappa shape index (κ3) is 5.12. The lowest BCUT2D eigenvalue weighted by Gasteiger charge is -2.13. The molecule has 1 atom stereocenters. The number of ether oxygens (including phenoxy) is 1. The normalized spacial score (nSPS) is 12.0. The molecule has 4 aromatic carbocycles. The number of para-hydroxylation sites is 1. The maximum atomic E-state index is 12.6. The highest BCUT2D eigenvalue weighted by atomic mass is 16.5. The first-order valence-electron chi connectivity index (χ1n) is 11.4. The third-order valence-electron chi connectivity index (χ3n) is 5.59. The van der Waals surface area contributed by atoms with Gasteiger partial charge in [-0.25, -0.2) is 10.1 Å². The predicted octanol–water partition coefficient (Wildman–Crippen LogP) is 5.61. The fraction of sp³-hybridized carbons (Fsp3) is 0.0690. The topological polar surface area (TPSA) is 68.5 Å². The van der Waals surface area contributed by atoms with E-state index in [0.29, 0.717) is 5.75 Å². The number of hydrogen-bond acceptors (Lipinski definition) is 4. The first kappa shape index (κ1) is 22.1. The predicted molar refractivity (Wildman–Crippen MR) is 139 cm³/mol. The maximum Gasteiger partial charge on any atom is 0.280 e. The highest BCUT2D eigenvalue weighted by Crippen LogP contribution is 2.23. The second-order valence-electron chi connectivity index (χ2n) is 8.08. The van der Waals surface area contributed by atoms with E-state index in [-0.39, 0.29) is 5.91 Å². The van der Waals surface area contributed by atoms with Gasteiger partial charge in [0.05, 0.1) is 11.9 Å². The molecule has 1 heterocycles. The van der Waals surface area contributed by atoms with Gasteiger partial charge in [-0.3, -0.25) is 4.79 Å². The number of rotatable bonds is 7. The van der Waals surface area contributed by atoms with Gasteiger partial charge >= 0.3 is 0 Å². The summed E-state index contributed by atoms with van der Waals surface area (Å²) in [5.74, 6) is 0.289. The van der Waals surface area contributed by atoms with E-state index in [1.165, 1.54) is 0 Å². The minimum atomic E-state index is -0.714. The van der Waals surface area contributed by atoms with E-state index in [2.05, 4.69) is 10.5 Å². The number of benzene rings is 4. The van der Waals surface area contributed by atoms with Crippen LogP contribution in [0.25, 0.3) is 27.7 Å². The summed E-state index contributed by atoms with van der Waals surface area (Å²) >= 11 is 0. The molecular formula is C29H24N4O2. The van der Waals surface area contributed by atoms with Gasteiger partial charge in [-0.15, -0.1) is 0 Å². The summed E-state index contributed by atoms with van der Waals surface area (Å²) in [7, 11) is 0. The van der Waals surface area contributed by atoms with Crippen LogP contribution in [-0.2, 0) is 4.79 Å². The number of aromatic nitrogens is 2. The summed E-state index contributed by atoms with van der Waals surface area (Å²) in [4.78, 5) is 12.6. The molecule has 0 spiro atoms. The molecule has 35 heavy (non-hydrogen) atoms. The molecular weight excluding hydrogens is 436 g/mol. The van der Waals surface area contributed by atoms with E-state index in [1.807, 2.05) is 109 Å². The lowest BCUT2D eigenvalue weighted by atomic mass is 10.1. The van der Waals surface area contributed by atoms with Crippen LogP contribution >= 0.6 is 0 Å². The Kier molecular flexibility index (Phi) is 6.35. The van der Waals surface area contributed by atoms with Gasteiger partial charge in [-0.2, -0.15) is 10.2 Å². The van der Waals surface area contributed by atoms with Gasteiger partial charge in [0, 0.05) is 17.3 Å². The Morgan fingerprint density at radius 1 is 0.914 bits per heavy atom. The van der Waals surface area contributed by atoms with Crippen molar-refractivity contribution in [2.24, 2.45) is 5.10 Å². The minimum Gasteiger partial charge on any atom is -0.481 e. The van der Waals surface area contributed by atoms with Crippen LogP contribution in [0.1, 0.15) is 12.5 Å². The van der Waals surface area contributed by atoms with E-state index in [0.717, 1.165) is 33.3 Å². The van der Waals surface area contributed by atoms with Crippen molar-refractivity contribution in [2.45, 2.75) is 13.0 Å². The molecule has 1 unspecified atom stereocenters. The van der Waals surface area contributed by atoms with E-state index in [9.17, 15) is 4.79 Å². The van der Waals surface area contributed by atoms with Crippen molar-refractivity contribution >= 4 is 22.9 Å². The Labute approximate surface area is 203 Å². The number of hydrogen-bond donors (Lipinski definition) is 1. The number of nitrogens with one attached hydrogen (secondary N) is 1. The fourth-order valence-corrected chi connectivity index (χ4v) is 3.77. The van der Waals surface area contributed by atoms with Crippen LogP contribution < -0.4 is 10.2 Å². The summed E-state index contributed by atoms with van der Waals surface area (Å²) in [5, 5.41) is 11.1. The largest absolute Gasteiger partial charge is 0.481 e. The minimum absolute atomic E-state index is 0.342. The average molecular weight is 461 g/mol. The van der Waals surface area contributed by atoms with Gasteiger partial charge in [0.2, 0.25) is 0 Å². The van der Waals surface area contributed by atoms with Gasteiger partial charge < -0.3 is 4.74 Å². The third-order valence-corrected chi connectivity index (χ3v) is 5.59. The summed E-state index contributed by atoms with van der Waals surface area (Å²) in [6.45, 7) is 1.70. The molecule has 6 nitrogen and oxygen atoms in total. The monoisotopic (exact) mass is 460 g/mol. The van der Waals surface area contributed by atoms with E-state index < -0.39 is 6.10 Å². The van der Waals surface area contributed by atoms with Gasteiger partial charge in [-0.1, -0.05) is 78.9 Å². The average Bonchev–Trinajstić information content (AvgIpc) is 3.34. The Morgan fingerprint density at radius 3 is 2.37 bits per heavy atom. The smallest absolute Gasteiger partial charge is 0.280 e. The van der Waals surface area contributed by atoms with Crippen LogP contribution in [-0.4, -0.2) is 28.0 Å². The van der Waals surface area contributed by atoms with Crippen molar-refractivity contribution < 1.29 is 9.53 Å². The van der Waals surface area contributed by atoms with Crippen LogP contribution in [0.5, 0.6) is 5.75 Å². The molecule has 5 aromatic rings. The van der Waals surface area contributed by atoms with Gasteiger partial charge in [0.15, 0.2) is 6.10 Å². The van der Waals surface area contributed by atoms with E-state index in [1.54, 1.807) is 17.8 Å². The van der Waals surface area contributed by atoms with Crippen LogP contribution in [0.4, 0.5) is 0 Å². The second-order valence-corrected chi connectivity index (χ2v) is 8.08. The number of amides is 1. The number of fused-ring (bicyclic) bond motifs is 1. The van der Waals surface area contributed by atoms with Crippen LogP contribution in [0.2, 0.25) is 0 Å². The number of nitrogens with zero attached hydrogens (tertiary/aromatic N) is 3. The van der Waals surface area contributed by atoms with Crippen LogP contribution in [0.3, 0.4) is 0 Å². The molecule has 0 saturated heterocycles. The maximum absolute atomic E-state index is 12.6. The lowest BCUT2D eigenvalue weighted by Crippen LogP contribution is -2.33. The first-order chi connectivity index (χ1) is 17.2. The number of carbonyl (C=O) groups excluding carboxylic acids is 1. The van der Waals surface area contributed by atoms with E-state index in [4.69, 9.17) is 9.84 Å². The molecule has 0 saturated carbocycles. The summed E-state index contributed by atoms with van der Waals surface area (Å²) in [6, 6.07) is 33.5.